The lowest BCUT2D eigenvalue weighted by molar-refractivity contribution is -0.267. The molecule has 0 saturated heterocycles. The first-order chi connectivity index (χ1) is 32.1. The number of esters is 2. The zero-order valence-electron chi connectivity index (χ0n) is 45.7. The van der Waals surface area contributed by atoms with Crippen LogP contribution in [0, 0.1) is 56.7 Å². The summed E-state index contributed by atoms with van der Waals surface area (Å²) in [6.45, 7) is 24.5. The predicted octanol–water partition coefficient (Wildman–Crippen LogP) is 18.0. The molecule has 67 heavy (non-hydrogen) atoms. The van der Waals surface area contributed by atoms with Crippen LogP contribution in [-0.2, 0) is 19.1 Å². The molecule has 5 rings (SSSR count). The van der Waals surface area contributed by atoms with Gasteiger partial charge < -0.3 is 14.6 Å². The van der Waals surface area contributed by atoms with Crippen LogP contribution in [0.4, 0.5) is 0 Å². The highest BCUT2D eigenvalue weighted by atomic mass is 16.6. The van der Waals surface area contributed by atoms with Crippen LogP contribution in [0.2, 0.25) is 0 Å². The van der Waals surface area contributed by atoms with Crippen LogP contribution in [0.3, 0.4) is 0 Å². The Hall–Kier alpha value is -1.36. The van der Waals surface area contributed by atoms with Gasteiger partial charge in [-0.2, -0.15) is 0 Å². The standard InChI is InChI=1S/C62H110O5/c1-10-12-14-16-18-20-22-24-26-28-30-32-34-36-54(64)66-47-62-43-40-49(48(3)4)56(62)50-38-39-53-59(7)46-51(63)57(58(5,6)52(59)41-42-61(53,9)60(50,8)44-45-62)67-55(65)37-35-33-31-29-27-25-23-21-19-17-15-13-11-2/h49-53,56-57,63H,3,10-47H2,1-2,4-9H3. The number of ether oxygens (including phenoxy) is 2. The Labute approximate surface area is 415 Å². The van der Waals surface area contributed by atoms with Crippen molar-refractivity contribution in [2.75, 3.05) is 6.61 Å². The molecule has 0 aromatic heterocycles. The summed E-state index contributed by atoms with van der Waals surface area (Å²) in [6.07, 6.45) is 43.8. The average molecular weight is 936 g/mol. The van der Waals surface area contributed by atoms with Gasteiger partial charge in [-0.1, -0.05) is 215 Å². The second-order valence-electron chi connectivity index (χ2n) is 25.7. The van der Waals surface area contributed by atoms with Crippen molar-refractivity contribution in [3.8, 4) is 0 Å². The normalized spacial score (nSPS) is 34.1. The Morgan fingerprint density at radius 1 is 0.552 bits per heavy atom. The highest BCUT2D eigenvalue weighted by Crippen LogP contribution is 2.77. The van der Waals surface area contributed by atoms with Gasteiger partial charge in [0.2, 0.25) is 0 Å². The van der Waals surface area contributed by atoms with Gasteiger partial charge in [-0.25, -0.2) is 0 Å². The summed E-state index contributed by atoms with van der Waals surface area (Å²) in [5, 5.41) is 12.1. The van der Waals surface area contributed by atoms with Crippen molar-refractivity contribution in [3.63, 3.8) is 0 Å². The maximum absolute atomic E-state index is 13.4. The Bertz CT molecular complexity index is 1490. The Morgan fingerprint density at radius 2 is 1.03 bits per heavy atom. The van der Waals surface area contributed by atoms with Gasteiger partial charge in [0.05, 0.1) is 12.7 Å². The minimum Gasteiger partial charge on any atom is -0.465 e. The summed E-state index contributed by atoms with van der Waals surface area (Å²) in [4.78, 5) is 26.8. The third-order valence-electron chi connectivity index (χ3n) is 20.9. The first kappa shape index (κ1) is 56.6. The molecule has 5 fully saturated rings. The highest BCUT2D eigenvalue weighted by Gasteiger charge is 2.72. The molecule has 5 saturated carbocycles. The molecular weight excluding hydrogens is 825 g/mol. The Morgan fingerprint density at radius 3 is 1.52 bits per heavy atom. The molecule has 0 radical (unpaired) electrons. The average Bonchev–Trinajstić information content (AvgIpc) is 3.68. The summed E-state index contributed by atoms with van der Waals surface area (Å²) in [7, 11) is 0. The van der Waals surface area contributed by atoms with Gasteiger partial charge in [-0.3, -0.25) is 9.59 Å². The van der Waals surface area contributed by atoms with E-state index < -0.39 is 12.2 Å². The van der Waals surface area contributed by atoms with Gasteiger partial charge in [0.25, 0.3) is 0 Å². The number of hydrogen-bond acceptors (Lipinski definition) is 5. The fraction of sp³-hybridized carbons (Fsp3) is 0.935. The van der Waals surface area contributed by atoms with E-state index in [1.54, 1.807) is 0 Å². The Balaban J connectivity index is 1.10. The number of rotatable bonds is 32. The van der Waals surface area contributed by atoms with Crippen molar-refractivity contribution < 1.29 is 24.2 Å². The summed E-state index contributed by atoms with van der Waals surface area (Å²) < 4.78 is 12.7. The molecule has 5 aliphatic rings. The van der Waals surface area contributed by atoms with Crippen LogP contribution >= 0.6 is 0 Å². The molecule has 11 atom stereocenters. The van der Waals surface area contributed by atoms with E-state index in [-0.39, 0.29) is 39.0 Å². The number of aliphatic hydroxyl groups excluding tert-OH is 1. The van der Waals surface area contributed by atoms with Crippen LogP contribution in [0.25, 0.3) is 0 Å². The second-order valence-corrected chi connectivity index (χ2v) is 25.7. The largest absolute Gasteiger partial charge is 0.465 e. The lowest BCUT2D eigenvalue weighted by Crippen LogP contribution is -2.68. The van der Waals surface area contributed by atoms with E-state index in [1.165, 1.54) is 179 Å². The van der Waals surface area contributed by atoms with Crippen molar-refractivity contribution in [1.29, 1.82) is 0 Å². The molecule has 5 aliphatic carbocycles. The first-order valence-corrected chi connectivity index (χ1v) is 29.8. The number of hydrogen-bond donors (Lipinski definition) is 1. The highest BCUT2D eigenvalue weighted by molar-refractivity contribution is 5.70. The van der Waals surface area contributed by atoms with Gasteiger partial charge in [0.15, 0.2) is 0 Å². The van der Waals surface area contributed by atoms with Crippen LogP contribution < -0.4 is 0 Å². The van der Waals surface area contributed by atoms with Gasteiger partial charge in [-0.05, 0) is 123 Å². The van der Waals surface area contributed by atoms with E-state index in [1.807, 2.05) is 0 Å². The topological polar surface area (TPSA) is 72.8 Å². The monoisotopic (exact) mass is 935 g/mol. The number of fused-ring (bicyclic) bond motifs is 7. The van der Waals surface area contributed by atoms with Gasteiger partial charge >= 0.3 is 11.9 Å². The molecular formula is C62H110O5. The van der Waals surface area contributed by atoms with Crippen molar-refractivity contribution in [2.45, 2.75) is 305 Å². The minimum atomic E-state index is -0.643. The predicted molar refractivity (Wildman–Crippen MR) is 282 cm³/mol. The van der Waals surface area contributed by atoms with Gasteiger partial charge in [0.1, 0.15) is 6.10 Å². The molecule has 1 N–H and O–H groups in total. The Kier molecular flexibility index (Phi) is 22.7. The molecule has 0 aromatic rings. The number of aliphatic hydroxyl groups is 1. The van der Waals surface area contributed by atoms with E-state index in [4.69, 9.17) is 9.47 Å². The molecule has 0 spiro atoms. The van der Waals surface area contributed by atoms with Crippen molar-refractivity contribution in [2.24, 2.45) is 56.7 Å². The zero-order valence-corrected chi connectivity index (χ0v) is 45.7. The molecule has 0 amide bonds. The minimum absolute atomic E-state index is 0.0206. The number of unbranched alkanes of at least 4 members (excludes halogenated alkanes) is 24. The molecule has 388 valence electrons. The summed E-state index contributed by atoms with van der Waals surface area (Å²) in [5.74, 6) is 2.37. The lowest BCUT2D eigenvalue weighted by Gasteiger charge is -2.73. The van der Waals surface area contributed by atoms with Crippen molar-refractivity contribution >= 4 is 11.9 Å². The van der Waals surface area contributed by atoms with Crippen LogP contribution in [0.5, 0.6) is 0 Å². The maximum Gasteiger partial charge on any atom is 0.306 e. The molecule has 11 unspecified atom stereocenters. The third-order valence-corrected chi connectivity index (χ3v) is 20.9. The first-order valence-electron chi connectivity index (χ1n) is 29.8. The smallest absolute Gasteiger partial charge is 0.306 e. The fourth-order valence-corrected chi connectivity index (χ4v) is 17.0. The molecule has 0 aromatic carbocycles. The molecule has 0 heterocycles. The lowest BCUT2D eigenvalue weighted by atomic mass is 9.32. The SMILES string of the molecule is C=C(C)C1CCC2(COC(=O)CCCCCCCCCCCCCCC)CCC3(C)C(CCC4C5(C)CC(O)C(OC(=O)CCCCCCCCCCCCCCC)C(C)(C)C5CCC43C)C12. The second kappa shape index (κ2) is 26.9. The summed E-state index contributed by atoms with van der Waals surface area (Å²) in [5.41, 5.74) is 1.37. The maximum atomic E-state index is 13.4. The van der Waals surface area contributed by atoms with E-state index in [0.717, 1.165) is 51.4 Å². The summed E-state index contributed by atoms with van der Waals surface area (Å²) >= 11 is 0. The van der Waals surface area contributed by atoms with E-state index in [2.05, 4.69) is 62.0 Å². The van der Waals surface area contributed by atoms with E-state index in [9.17, 15) is 14.7 Å². The number of carbonyl (C=O) groups is 2. The molecule has 5 heteroatoms. The third kappa shape index (κ3) is 14.0. The zero-order chi connectivity index (χ0) is 48.6. The molecule has 0 bridgehead atoms. The molecule has 5 nitrogen and oxygen atoms in total. The van der Waals surface area contributed by atoms with Crippen molar-refractivity contribution in [1.82, 2.24) is 0 Å². The van der Waals surface area contributed by atoms with Crippen LogP contribution in [0.15, 0.2) is 12.2 Å². The van der Waals surface area contributed by atoms with Gasteiger partial charge in [-0.15, -0.1) is 0 Å². The van der Waals surface area contributed by atoms with Crippen molar-refractivity contribution in [3.05, 3.63) is 12.2 Å². The summed E-state index contributed by atoms with van der Waals surface area (Å²) in [6, 6.07) is 0. The number of allylic oxidation sites excluding steroid dienone is 1. The van der Waals surface area contributed by atoms with Crippen LogP contribution in [-0.4, -0.2) is 35.9 Å². The quantitative estimate of drug-likeness (QED) is 0.0413. The number of carbonyl (C=O) groups excluding carboxylic acids is 2. The van der Waals surface area contributed by atoms with E-state index in [0.29, 0.717) is 49.0 Å². The van der Waals surface area contributed by atoms with E-state index >= 15 is 0 Å². The van der Waals surface area contributed by atoms with Crippen LogP contribution in [0.1, 0.15) is 293 Å². The fourth-order valence-electron chi connectivity index (χ4n) is 17.0. The molecule has 0 aliphatic heterocycles. The van der Waals surface area contributed by atoms with Gasteiger partial charge in [0, 0.05) is 23.7 Å².